The molecule has 2 N–H and O–H groups in total. The minimum absolute atomic E-state index is 0.0158. The average molecular weight is 478 g/mol. The lowest BCUT2D eigenvalue weighted by Crippen LogP contribution is -2.37. The largest absolute Gasteiger partial charge is 0.461 e. The van der Waals surface area contributed by atoms with Crippen LogP contribution in [0.3, 0.4) is 0 Å². The van der Waals surface area contributed by atoms with E-state index >= 15 is 0 Å². The highest BCUT2D eigenvalue weighted by molar-refractivity contribution is 6.30. The van der Waals surface area contributed by atoms with Crippen LogP contribution in [0.4, 0.5) is 0 Å². The first-order valence-electron chi connectivity index (χ1n) is 11.2. The first-order valence-corrected chi connectivity index (χ1v) is 11.6. The lowest BCUT2D eigenvalue weighted by atomic mass is 9.80. The summed E-state index contributed by atoms with van der Waals surface area (Å²) in [5.41, 5.74) is 3.97. The van der Waals surface area contributed by atoms with Crippen molar-refractivity contribution in [2.75, 3.05) is 13.2 Å². The third-order valence-corrected chi connectivity index (χ3v) is 5.86. The molecule has 0 saturated heterocycles. The van der Waals surface area contributed by atoms with E-state index in [4.69, 9.17) is 21.6 Å². The van der Waals surface area contributed by atoms with Crippen LogP contribution >= 0.6 is 11.6 Å². The van der Waals surface area contributed by atoms with E-state index in [0.29, 0.717) is 34.1 Å². The number of aryl methyl sites for hydroxylation is 1. The molecule has 34 heavy (non-hydrogen) atoms. The number of hydrogen-bond donors (Lipinski definition) is 2. The minimum Gasteiger partial charge on any atom is -0.461 e. The second-order valence-electron chi connectivity index (χ2n) is 8.08. The molecule has 0 aliphatic carbocycles. The maximum atomic E-state index is 13.4. The van der Waals surface area contributed by atoms with E-state index in [0.717, 1.165) is 18.4 Å². The zero-order valence-electron chi connectivity index (χ0n) is 19.4. The van der Waals surface area contributed by atoms with Gasteiger partial charge in [-0.3, -0.25) is 4.79 Å². The van der Waals surface area contributed by atoms with E-state index in [1.165, 1.54) is 5.56 Å². The Morgan fingerprint density at radius 1 is 1.09 bits per heavy atom. The van der Waals surface area contributed by atoms with Crippen LogP contribution in [0.5, 0.6) is 0 Å². The maximum Gasteiger partial charge on any atom is 0.336 e. The Labute approximate surface area is 205 Å². The van der Waals surface area contributed by atoms with E-state index in [9.17, 15) is 9.59 Å². The summed E-state index contributed by atoms with van der Waals surface area (Å²) in [6, 6.07) is 19.2. The number of esters is 1. The van der Waals surface area contributed by atoms with Crippen LogP contribution < -0.4 is 10.6 Å². The predicted molar refractivity (Wildman–Crippen MR) is 132 cm³/mol. The van der Waals surface area contributed by atoms with Crippen LogP contribution in [0.1, 0.15) is 43.7 Å². The summed E-state index contributed by atoms with van der Waals surface area (Å²) < 4.78 is 5.34. The molecule has 1 atom stereocenters. The molecule has 1 amide bonds. The quantitative estimate of drug-likeness (QED) is 0.400. The second kappa shape index (κ2) is 12.1. The van der Waals surface area contributed by atoms with Crippen LogP contribution in [0.25, 0.3) is 0 Å². The molecule has 176 valence electrons. The number of hydrogen-bond acceptors (Lipinski definition) is 5. The van der Waals surface area contributed by atoms with Crippen LogP contribution in [-0.2, 0) is 20.7 Å². The van der Waals surface area contributed by atoms with Crippen LogP contribution in [0.15, 0.2) is 77.1 Å². The van der Waals surface area contributed by atoms with Crippen molar-refractivity contribution in [2.45, 2.75) is 39.0 Å². The average Bonchev–Trinajstić information content (AvgIpc) is 2.82. The third-order valence-electron chi connectivity index (χ3n) is 5.62. The van der Waals surface area contributed by atoms with Gasteiger partial charge in [-0.05, 0) is 49.9 Å². The first-order chi connectivity index (χ1) is 16.4. The number of carbonyl (C=O) groups is 2. The molecule has 0 saturated carbocycles. The Morgan fingerprint density at radius 2 is 1.82 bits per heavy atom. The molecule has 1 aliphatic heterocycles. The fraction of sp³-hybridized carbons (Fsp3) is 0.296. The maximum absolute atomic E-state index is 13.4. The third kappa shape index (κ3) is 6.27. The van der Waals surface area contributed by atoms with Gasteiger partial charge in [-0.15, -0.1) is 0 Å². The molecule has 6 nitrogen and oxygen atoms in total. The highest BCUT2D eigenvalue weighted by Gasteiger charge is 2.37. The van der Waals surface area contributed by atoms with Crippen LogP contribution in [-0.4, -0.2) is 25.0 Å². The van der Waals surface area contributed by atoms with Crippen molar-refractivity contribution in [3.05, 3.63) is 93.3 Å². The number of dihydropyridines is 1. The lowest BCUT2D eigenvalue weighted by Gasteiger charge is -2.31. The number of amides is 1. The lowest BCUT2D eigenvalue weighted by molar-refractivity contribution is -0.139. The smallest absolute Gasteiger partial charge is 0.336 e. The van der Waals surface area contributed by atoms with Gasteiger partial charge in [0.1, 0.15) is 6.61 Å². The molecular formula is C27H28ClN3O3. The van der Waals surface area contributed by atoms with Crippen molar-refractivity contribution in [3.63, 3.8) is 0 Å². The summed E-state index contributed by atoms with van der Waals surface area (Å²) >= 11 is 6.25. The Kier molecular flexibility index (Phi) is 8.89. The SMILES string of the molecule is CC1=C(C(=O)NCCCc2ccccc2)C(c2cccc(Cl)c2)C(C(=O)OCCC#N)=C(C)N1. The molecule has 0 spiro atoms. The normalized spacial score (nSPS) is 15.4. The van der Waals surface area contributed by atoms with Crippen LogP contribution in [0, 0.1) is 11.3 Å². The van der Waals surface area contributed by atoms with Gasteiger partial charge in [-0.25, -0.2) is 4.79 Å². The predicted octanol–water partition coefficient (Wildman–Crippen LogP) is 4.78. The van der Waals surface area contributed by atoms with Crippen molar-refractivity contribution in [1.29, 1.82) is 5.26 Å². The topological polar surface area (TPSA) is 91.2 Å². The van der Waals surface area contributed by atoms with E-state index < -0.39 is 11.9 Å². The Bertz CT molecular complexity index is 1150. The number of rotatable bonds is 9. The standard InChI is InChI=1S/C27H28ClN3O3/c1-18-23(26(32)30-15-7-11-20-9-4-3-5-10-20)25(21-12-6-13-22(28)17-21)24(19(2)31-18)27(33)34-16-8-14-29/h3-6,9-10,12-13,17,25,31H,7-8,11,15-16H2,1-2H3,(H,30,32). The first kappa shape index (κ1) is 25.1. The van der Waals surface area contributed by atoms with E-state index in [2.05, 4.69) is 22.8 Å². The molecule has 3 rings (SSSR count). The molecule has 1 heterocycles. The summed E-state index contributed by atoms with van der Waals surface area (Å²) in [6.45, 7) is 4.07. The zero-order chi connectivity index (χ0) is 24.5. The fourth-order valence-electron chi connectivity index (χ4n) is 4.09. The molecule has 1 unspecified atom stereocenters. The highest BCUT2D eigenvalue weighted by Crippen LogP contribution is 2.39. The van der Waals surface area contributed by atoms with Crippen molar-refractivity contribution in [2.24, 2.45) is 0 Å². The van der Waals surface area contributed by atoms with Crippen LogP contribution in [0.2, 0.25) is 5.02 Å². The van der Waals surface area contributed by atoms with Gasteiger partial charge in [0.25, 0.3) is 0 Å². The number of allylic oxidation sites excluding steroid dienone is 2. The van der Waals surface area contributed by atoms with Crippen molar-refractivity contribution in [1.82, 2.24) is 10.6 Å². The number of benzene rings is 2. The molecule has 0 bridgehead atoms. The van der Waals surface area contributed by atoms with Crippen molar-refractivity contribution in [3.8, 4) is 6.07 Å². The molecule has 0 radical (unpaired) electrons. The number of nitrogens with zero attached hydrogens (tertiary/aromatic N) is 1. The molecule has 1 aliphatic rings. The Hall–Kier alpha value is -3.56. The molecule has 2 aromatic rings. The van der Waals surface area contributed by atoms with Gasteiger partial charge >= 0.3 is 5.97 Å². The Morgan fingerprint density at radius 3 is 2.53 bits per heavy atom. The summed E-state index contributed by atoms with van der Waals surface area (Å²) in [7, 11) is 0. The Balaban J connectivity index is 1.84. The van der Waals surface area contributed by atoms with Gasteiger partial charge in [0.05, 0.1) is 24.0 Å². The van der Waals surface area contributed by atoms with Gasteiger partial charge in [-0.2, -0.15) is 5.26 Å². The minimum atomic E-state index is -0.649. The summed E-state index contributed by atoms with van der Waals surface area (Å²) in [6.07, 6.45) is 1.73. The van der Waals surface area contributed by atoms with Gasteiger partial charge in [0.15, 0.2) is 0 Å². The molecule has 7 heteroatoms. The summed E-state index contributed by atoms with van der Waals surface area (Å²) in [4.78, 5) is 26.4. The molecule has 0 fully saturated rings. The molecular weight excluding hydrogens is 450 g/mol. The van der Waals surface area contributed by atoms with Gasteiger partial charge in [0.2, 0.25) is 5.91 Å². The number of carbonyl (C=O) groups excluding carboxylic acids is 2. The number of nitrogens with one attached hydrogen (secondary N) is 2. The number of nitriles is 1. The monoisotopic (exact) mass is 477 g/mol. The van der Waals surface area contributed by atoms with Gasteiger partial charge in [0, 0.05) is 28.5 Å². The highest BCUT2D eigenvalue weighted by atomic mass is 35.5. The van der Waals surface area contributed by atoms with Gasteiger partial charge in [-0.1, -0.05) is 54.1 Å². The fourth-order valence-corrected chi connectivity index (χ4v) is 4.29. The molecule has 0 aromatic heterocycles. The zero-order valence-corrected chi connectivity index (χ0v) is 20.1. The summed E-state index contributed by atoms with van der Waals surface area (Å²) in [5, 5.41) is 15.5. The van der Waals surface area contributed by atoms with E-state index in [1.54, 1.807) is 25.1 Å². The van der Waals surface area contributed by atoms with E-state index in [-0.39, 0.29) is 18.9 Å². The van der Waals surface area contributed by atoms with E-state index in [1.807, 2.05) is 37.3 Å². The number of halogens is 1. The summed E-state index contributed by atoms with van der Waals surface area (Å²) in [5.74, 6) is -1.46. The number of ether oxygens (including phenoxy) is 1. The van der Waals surface area contributed by atoms with Gasteiger partial charge < -0.3 is 15.4 Å². The van der Waals surface area contributed by atoms with Crippen molar-refractivity contribution >= 4 is 23.5 Å². The second-order valence-corrected chi connectivity index (χ2v) is 8.52. The van der Waals surface area contributed by atoms with Crippen molar-refractivity contribution < 1.29 is 14.3 Å². The molecule has 2 aromatic carbocycles.